The number of carbonyl (C=O) groups excluding carboxylic acids is 1. The smallest absolute Gasteiger partial charge is 0.277 e. The first-order chi connectivity index (χ1) is 8.80. The second-order valence-electron chi connectivity index (χ2n) is 5.11. The van der Waals surface area contributed by atoms with Crippen molar-refractivity contribution in [1.29, 1.82) is 0 Å². The zero-order valence-corrected chi connectivity index (χ0v) is 11.6. The number of aromatic nitrogens is 3. The summed E-state index contributed by atoms with van der Waals surface area (Å²) in [5.41, 5.74) is 5.60. The number of hydrogen-bond donors (Lipinski definition) is 1. The van der Waals surface area contributed by atoms with E-state index in [9.17, 15) is 9.59 Å². The molecular weight excluding hydrogens is 244 g/mol. The molecule has 19 heavy (non-hydrogen) atoms. The average molecular weight is 262 g/mol. The highest BCUT2D eigenvalue weighted by molar-refractivity contribution is 5.85. The topological polar surface area (TPSA) is 82.4 Å². The summed E-state index contributed by atoms with van der Waals surface area (Å²) < 4.78 is 3.23. The van der Waals surface area contributed by atoms with Crippen LogP contribution in [-0.2, 0) is 16.8 Å². The Morgan fingerprint density at radius 3 is 2.63 bits per heavy atom. The van der Waals surface area contributed by atoms with Gasteiger partial charge in [0.2, 0.25) is 5.91 Å². The lowest BCUT2D eigenvalue weighted by Gasteiger charge is -2.22. The van der Waals surface area contributed by atoms with Crippen LogP contribution in [0.5, 0.6) is 0 Å². The van der Waals surface area contributed by atoms with E-state index in [0.717, 1.165) is 0 Å². The lowest BCUT2D eigenvalue weighted by atomic mass is 9.84. The summed E-state index contributed by atoms with van der Waals surface area (Å²) in [6, 6.07) is 1.78. The highest BCUT2D eigenvalue weighted by Crippen LogP contribution is 2.22. The van der Waals surface area contributed by atoms with Gasteiger partial charge in [-0.1, -0.05) is 0 Å². The molecule has 102 valence electrons. The number of hydrogen-bond acceptors (Lipinski definition) is 3. The normalized spacial score (nSPS) is 12.0. The highest BCUT2D eigenvalue weighted by atomic mass is 16.2. The van der Waals surface area contributed by atoms with Gasteiger partial charge in [-0.15, -0.1) is 0 Å². The van der Waals surface area contributed by atoms with Crippen molar-refractivity contribution in [2.45, 2.75) is 39.7 Å². The second-order valence-corrected chi connectivity index (χ2v) is 5.11. The Kier molecular flexibility index (Phi) is 2.96. The fourth-order valence-corrected chi connectivity index (χ4v) is 2.30. The van der Waals surface area contributed by atoms with Crippen LogP contribution in [0.4, 0.5) is 0 Å². The Bertz CT molecular complexity index is 709. The second kappa shape index (κ2) is 4.22. The quantitative estimate of drug-likeness (QED) is 0.878. The molecule has 0 radical (unpaired) electrons. The van der Waals surface area contributed by atoms with Crippen LogP contribution in [-0.4, -0.2) is 20.1 Å². The molecule has 6 nitrogen and oxygen atoms in total. The molecule has 0 saturated heterocycles. The maximum atomic E-state index is 12.6. The summed E-state index contributed by atoms with van der Waals surface area (Å²) in [7, 11) is 0. The number of fused-ring (bicyclic) bond motifs is 1. The summed E-state index contributed by atoms with van der Waals surface area (Å²) in [5.74, 6) is -0.538. The van der Waals surface area contributed by atoms with Gasteiger partial charge in [0.1, 0.15) is 0 Å². The first-order valence-corrected chi connectivity index (χ1v) is 6.19. The summed E-state index contributed by atoms with van der Waals surface area (Å²) in [5, 5.41) is 0. The maximum absolute atomic E-state index is 12.6. The Labute approximate surface area is 110 Å². The minimum absolute atomic E-state index is 0.238. The minimum Gasteiger partial charge on any atom is -0.369 e. The summed E-state index contributed by atoms with van der Waals surface area (Å²) in [4.78, 5) is 28.6. The van der Waals surface area contributed by atoms with Gasteiger partial charge < -0.3 is 5.73 Å². The molecule has 2 rings (SSSR count). The molecule has 2 N–H and O–H groups in total. The van der Waals surface area contributed by atoms with E-state index >= 15 is 0 Å². The van der Waals surface area contributed by atoms with E-state index in [1.807, 2.05) is 6.92 Å². The number of nitrogens with two attached hydrogens (primary N) is 1. The molecule has 0 aliphatic carbocycles. The van der Waals surface area contributed by atoms with Crippen LogP contribution in [0.3, 0.4) is 0 Å². The lowest BCUT2D eigenvalue weighted by molar-refractivity contribution is -0.122. The Balaban J connectivity index is 2.90. The first kappa shape index (κ1) is 13.3. The predicted octanol–water partition coefficient (Wildman–Crippen LogP) is 0.587. The SMILES string of the molecule is CCn1ccc2nc(C)c(C(C)(C)C(N)=O)c(=O)n21. The summed E-state index contributed by atoms with van der Waals surface area (Å²) in [6.45, 7) is 7.60. The standard InChI is InChI=1S/C13H18N4O2/c1-5-16-7-6-9-15-8(2)10(11(18)17(9)16)13(3,4)12(14)19/h6-7H,5H2,1-4H3,(H2,14,19). The molecule has 0 aliphatic rings. The molecule has 0 bridgehead atoms. The number of nitrogens with zero attached hydrogens (tertiary/aromatic N) is 3. The number of amides is 1. The van der Waals surface area contributed by atoms with E-state index in [-0.39, 0.29) is 5.56 Å². The largest absolute Gasteiger partial charge is 0.369 e. The van der Waals surface area contributed by atoms with E-state index in [1.54, 1.807) is 37.7 Å². The number of aryl methyl sites for hydroxylation is 2. The van der Waals surface area contributed by atoms with Gasteiger partial charge in [-0.3, -0.25) is 14.3 Å². The lowest BCUT2D eigenvalue weighted by Crippen LogP contribution is -2.42. The van der Waals surface area contributed by atoms with Crippen molar-refractivity contribution in [1.82, 2.24) is 14.2 Å². The fourth-order valence-electron chi connectivity index (χ4n) is 2.30. The van der Waals surface area contributed by atoms with Gasteiger partial charge >= 0.3 is 0 Å². The van der Waals surface area contributed by atoms with E-state index in [2.05, 4.69) is 4.98 Å². The molecule has 0 spiro atoms. The molecule has 0 unspecified atom stereocenters. The van der Waals surface area contributed by atoms with Crippen molar-refractivity contribution >= 4 is 11.6 Å². The summed E-state index contributed by atoms with van der Waals surface area (Å²) >= 11 is 0. The molecule has 0 atom stereocenters. The Morgan fingerprint density at radius 1 is 1.47 bits per heavy atom. The molecule has 2 aromatic heterocycles. The van der Waals surface area contributed by atoms with Crippen molar-refractivity contribution in [3.05, 3.63) is 33.9 Å². The molecule has 0 aliphatic heterocycles. The van der Waals surface area contributed by atoms with Crippen molar-refractivity contribution in [3.8, 4) is 0 Å². The van der Waals surface area contributed by atoms with Crippen LogP contribution >= 0.6 is 0 Å². The van der Waals surface area contributed by atoms with Crippen molar-refractivity contribution in [3.63, 3.8) is 0 Å². The molecule has 1 amide bonds. The summed E-state index contributed by atoms with van der Waals surface area (Å²) in [6.07, 6.45) is 1.80. The van der Waals surface area contributed by atoms with Crippen LogP contribution in [0, 0.1) is 6.92 Å². The van der Waals surface area contributed by atoms with Gasteiger partial charge in [-0.05, 0) is 27.7 Å². The number of carbonyl (C=O) groups is 1. The predicted molar refractivity (Wildman–Crippen MR) is 72.1 cm³/mol. The molecule has 0 aromatic carbocycles. The molecular formula is C13H18N4O2. The van der Waals surface area contributed by atoms with Crippen molar-refractivity contribution in [2.75, 3.05) is 0 Å². The van der Waals surface area contributed by atoms with Gasteiger partial charge in [0.25, 0.3) is 5.56 Å². The third-order valence-corrected chi connectivity index (χ3v) is 3.48. The van der Waals surface area contributed by atoms with Crippen LogP contribution in [0.15, 0.2) is 17.1 Å². The van der Waals surface area contributed by atoms with Gasteiger partial charge in [0, 0.05) is 24.5 Å². The van der Waals surface area contributed by atoms with E-state index in [1.165, 1.54) is 4.52 Å². The van der Waals surface area contributed by atoms with E-state index in [0.29, 0.717) is 23.4 Å². The molecule has 6 heteroatoms. The molecule has 0 saturated carbocycles. The first-order valence-electron chi connectivity index (χ1n) is 6.19. The maximum Gasteiger partial charge on any atom is 0.277 e. The fraction of sp³-hybridized carbons (Fsp3) is 0.462. The Morgan fingerprint density at radius 2 is 2.11 bits per heavy atom. The van der Waals surface area contributed by atoms with Crippen molar-refractivity contribution < 1.29 is 4.79 Å². The van der Waals surface area contributed by atoms with Gasteiger partial charge in [-0.25, -0.2) is 4.98 Å². The third-order valence-electron chi connectivity index (χ3n) is 3.48. The average Bonchev–Trinajstić information content (AvgIpc) is 2.71. The number of rotatable bonds is 3. The molecule has 0 fully saturated rings. The monoisotopic (exact) mass is 262 g/mol. The van der Waals surface area contributed by atoms with Crippen LogP contribution < -0.4 is 11.3 Å². The van der Waals surface area contributed by atoms with Crippen LogP contribution in [0.25, 0.3) is 5.65 Å². The number of primary amides is 1. The Hall–Kier alpha value is -2.11. The van der Waals surface area contributed by atoms with Crippen LogP contribution in [0.2, 0.25) is 0 Å². The van der Waals surface area contributed by atoms with Crippen molar-refractivity contribution in [2.24, 2.45) is 5.73 Å². The molecule has 2 heterocycles. The van der Waals surface area contributed by atoms with Crippen LogP contribution in [0.1, 0.15) is 32.0 Å². The van der Waals surface area contributed by atoms with Gasteiger partial charge in [0.15, 0.2) is 5.65 Å². The minimum atomic E-state index is -1.04. The zero-order chi connectivity index (χ0) is 14.4. The van der Waals surface area contributed by atoms with E-state index in [4.69, 9.17) is 5.73 Å². The highest BCUT2D eigenvalue weighted by Gasteiger charge is 2.33. The molecule has 2 aromatic rings. The third kappa shape index (κ3) is 1.83. The van der Waals surface area contributed by atoms with Gasteiger partial charge in [0.05, 0.1) is 11.0 Å². The zero-order valence-electron chi connectivity index (χ0n) is 11.6. The van der Waals surface area contributed by atoms with Gasteiger partial charge in [-0.2, -0.15) is 4.52 Å². The van der Waals surface area contributed by atoms with E-state index < -0.39 is 11.3 Å².